The minimum Gasteiger partial charge on any atom is -0.381 e. The van der Waals surface area contributed by atoms with E-state index in [2.05, 4.69) is 16.3 Å². The van der Waals surface area contributed by atoms with Crippen molar-refractivity contribution in [1.82, 2.24) is 9.38 Å². The Morgan fingerprint density at radius 1 is 1.42 bits per heavy atom. The van der Waals surface area contributed by atoms with E-state index in [0.717, 1.165) is 43.2 Å². The molecule has 1 aliphatic rings. The van der Waals surface area contributed by atoms with Gasteiger partial charge >= 0.3 is 0 Å². The average molecular weight is 280 g/mol. The Bertz CT molecular complexity index is 563. The van der Waals surface area contributed by atoms with Gasteiger partial charge in [-0.2, -0.15) is 0 Å². The molecule has 0 aliphatic carbocycles. The number of aromatic nitrogens is 2. The topological polar surface area (TPSA) is 29.8 Å². The second-order valence-corrected chi connectivity index (χ2v) is 5.17. The minimum atomic E-state index is 0.466. The molecule has 19 heavy (non-hydrogen) atoms. The van der Waals surface area contributed by atoms with Crippen LogP contribution in [0.4, 0.5) is 5.82 Å². The van der Waals surface area contributed by atoms with Crippen LogP contribution in [0.5, 0.6) is 0 Å². The van der Waals surface area contributed by atoms with E-state index in [4.69, 9.17) is 21.3 Å². The number of alkyl halides is 1. The molecule has 0 radical (unpaired) electrons. The molecule has 0 aromatic carbocycles. The summed E-state index contributed by atoms with van der Waals surface area (Å²) in [5.74, 6) is 1.46. The van der Waals surface area contributed by atoms with Crippen LogP contribution in [-0.4, -0.2) is 35.7 Å². The fourth-order valence-electron chi connectivity index (χ4n) is 2.69. The molecule has 1 aliphatic heterocycles. The summed E-state index contributed by atoms with van der Waals surface area (Å²) in [4.78, 5) is 6.98. The SMILES string of the molecule is CN(c1nc2ccccn2c1CCl)C1CCOCC1. The highest BCUT2D eigenvalue weighted by molar-refractivity contribution is 6.17. The lowest BCUT2D eigenvalue weighted by Gasteiger charge is -2.31. The molecule has 0 atom stereocenters. The molecule has 0 amide bonds. The zero-order valence-electron chi connectivity index (χ0n) is 11.1. The van der Waals surface area contributed by atoms with E-state index >= 15 is 0 Å². The summed E-state index contributed by atoms with van der Waals surface area (Å²) < 4.78 is 7.49. The van der Waals surface area contributed by atoms with Crippen molar-refractivity contribution in [1.29, 1.82) is 0 Å². The fourth-order valence-corrected chi connectivity index (χ4v) is 2.93. The monoisotopic (exact) mass is 279 g/mol. The number of rotatable bonds is 3. The number of pyridine rings is 1. The summed E-state index contributed by atoms with van der Waals surface area (Å²) >= 11 is 6.12. The van der Waals surface area contributed by atoms with Gasteiger partial charge in [-0.05, 0) is 25.0 Å². The third kappa shape index (κ3) is 2.30. The molecule has 2 aromatic heterocycles. The number of fused-ring (bicyclic) bond motifs is 1. The lowest BCUT2D eigenvalue weighted by atomic mass is 10.1. The van der Waals surface area contributed by atoms with E-state index in [1.807, 2.05) is 24.4 Å². The number of imidazole rings is 1. The summed E-state index contributed by atoms with van der Waals surface area (Å²) in [6, 6.07) is 6.50. The van der Waals surface area contributed by atoms with Gasteiger partial charge in [0.1, 0.15) is 5.65 Å². The Hall–Kier alpha value is -1.26. The van der Waals surface area contributed by atoms with Crippen molar-refractivity contribution in [3.05, 3.63) is 30.1 Å². The van der Waals surface area contributed by atoms with Crippen LogP contribution in [0.25, 0.3) is 5.65 Å². The lowest BCUT2D eigenvalue weighted by Crippen LogP contribution is -2.37. The van der Waals surface area contributed by atoms with Gasteiger partial charge in [0, 0.05) is 32.5 Å². The largest absolute Gasteiger partial charge is 0.381 e. The molecule has 5 heteroatoms. The zero-order valence-corrected chi connectivity index (χ0v) is 11.8. The van der Waals surface area contributed by atoms with Gasteiger partial charge in [-0.15, -0.1) is 11.6 Å². The van der Waals surface area contributed by atoms with Crippen LogP contribution in [0, 0.1) is 0 Å². The van der Waals surface area contributed by atoms with Crippen molar-refractivity contribution in [2.75, 3.05) is 25.2 Å². The first-order chi connectivity index (χ1) is 9.31. The summed E-state index contributed by atoms with van der Waals surface area (Å²) in [5, 5.41) is 0. The molecular weight excluding hydrogens is 262 g/mol. The van der Waals surface area contributed by atoms with Crippen molar-refractivity contribution in [2.45, 2.75) is 24.8 Å². The summed E-state index contributed by atoms with van der Waals surface area (Å²) in [5.41, 5.74) is 2.01. The molecule has 3 heterocycles. The molecule has 0 saturated carbocycles. The van der Waals surface area contributed by atoms with E-state index < -0.39 is 0 Å². The van der Waals surface area contributed by atoms with Crippen molar-refractivity contribution in [2.24, 2.45) is 0 Å². The molecule has 1 fully saturated rings. The van der Waals surface area contributed by atoms with Gasteiger partial charge in [0.25, 0.3) is 0 Å². The van der Waals surface area contributed by atoms with Gasteiger partial charge in [0.15, 0.2) is 5.82 Å². The maximum absolute atomic E-state index is 6.12. The maximum atomic E-state index is 6.12. The molecule has 3 rings (SSSR count). The quantitative estimate of drug-likeness (QED) is 0.809. The Balaban J connectivity index is 1.98. The number of ether oxygens (including phenoxy) is 1. The van der Waals surface area contributed by atoms with Crippen LogP contribution >= 0.6 is 11.6 Å². The number of hydrogen-bond donors (Lipinski definition) is 0. The van der Waals surface area contributed by atoms with E-state index in [1.54, 1.807) is 0 Å². The van der Waals surface area contributed by atoms with Crippen LogP contribution in [0.15, 0.2) is 24.4 Å². The molecule has 0 N–H and O–H groups in total. The lowest BCUT2D eigenvalue weighted by molar-refractivity contribution is 0.0853. The molecule has 0 spiro atoms. The van der Waals surface area contributed by atoms with Gasteiger partial charge in [-0.1, -0.05) is 6.07 Å². The third-order valence-corrected chi connectivity index (χ3v) is 4.06. The first-order valence-corrected chi connectivity index (χ1v) is 7.17. The standard InChI is InChI=1S/C14H18ClN3O/c1-17(11-5-8-19-9-6-11)14-12(10-15)18-7-3-2-4-13(18)16-14/h2-4,7,11H,5-6,8-10H2,1H3. The second-order valence-electron chi connectivity index (χ2n) is 4.90. The summed E-state index contributed by atoms with van der Waals surface area (Å²) in [6.07, 6.45) is 4.11. The van der Waals surface area contributed by atoms with Gasteiger partial charge < -0.3 is 14.0 Å². The van der Waals surface area contributed by atoms with Crippen molar-refractivity contribution < 1.29 is 4.74 Å². The second kappa shape index (κ2) is 5.39. The zero-order chi connectivity index (χ0) is 13.2. The normalized spacial score (nSPS) is 16.9. The van der Waals surface area contributed by atoms with Crippen molar-refractivity contribution in [3.63, 3.8) is 0 Å². The number of anilines is 1. The van der Waals surface area contributed by atoms with Crippen LogP contribution in [0.2, 0.25) is 0 Å². The number of hydrogen-bond acceptors (Lipinski definition) is 3. The Kier molecular flexibility index (Phi) is 3.62. The maximum Gasteiger partial charge on any atom is 0.152 e. The predicted molar refractivity (Wildman–Crippen MR) is 77.0 cm³/mol. The predicted octanol–water partition coefficient (Wildman–Crippen LogP) is 2.69. The van der Waals surface area contributed by atoms with E-state index in [9.17, 15) is 0 Å². The molecule has 0 unspecified atom stereocenters. The highest BCUT2D eigenvalue weighted by atomic mass is 35.5. The molecule has 102 valence electrons. The van der Waals surface area contributed by atoms with Crippen molar-refractivity contribution in [3.8, 4) is 0 Å². The third-order valence-electron chi connectivity index (χ3n) is 3.81. The number of nitrogens with zero attached hydrogens (tertiary/aromatic N) is 3. The summed E-state index contributed by atoms with van der Waals surface area (Å²) in [6.45, 7) is 1.66. The van der Waals surface area contributed by atoms with Gasteiger partial charge in [0.05, 0.1) is 11.6 Å². The van der Waals surface area contributed by atoms with Crippen molar-refractivity contribution >= 4 is 23.1 Å². The van der Waals surface area contributed by atoms with E-state index in [1.165, 1.54) is 0 Å². The average Bonchev–Trinajstić information content (AvgIpc) is 2.85. The van der Waals surface area contributed by atoms with E-state index in [0.29, 0.717) is 11.9 Å². The van der Waals surface area contributed by atoms with Crippen LogP contribution in [0.1, 0.15) is 18.5 Å². The van der Waals surface area contributed by atoms with Gasteiger partial charge in [-0.3, -0.25) is 0 Å². The van der Waals surface area contributed by atoms with Gasteiger partial charge in [-0.25, -0.2) is 4.98 Å². The Morgan fingerprint density at radius 3 is 2.95 bits per heavy atom. The molecule has 0 bridgehead atoms. The first-order valence-electron chi connectivity index (χ1n) is 6.63. The minimum absolute atomic E-state index is 0.466. The molecular formula is C14H18ClN3O. The number of halogens is 1. The van der Waals surface area contributed by atoms with Crippen LogP contribution in [0.3, 0.4) is 0 Å². The molecule has 2 aromatic rings. The van der Waals surface area contributed by atoms with E-state index in [-0.39, 0.29) is 0 Å². The fraction of sp³-hybridized carbons (Fsp3) is 0.500. The first kappa shape index (κ1) is 12.8. The highest BCUT2D eigenvalue weighted by Gasteiger charge is 2.23. The summed E-state index contributed by atoms with van der Waals surface area (Å²) in [7, 11) is 2.10. The van der Waals surface area contributed by atoms with Crippen LogP contribution in [-0.2, 0) is 10.6 Å². The van der Waals surface area contributed by atoms with Crippen LogP contribution < -0.4 is 4.90 Å². The molecule has 4 nitrogen and oxygen atoms in total. The highest BCUT2D eigenvalue weighted by Crippen LogP contribution is 2.26. The van der Waals surface area contributed by atoms with Gasteiger partial charge in [0.2, 0.25) is 0 Å². The Labute approximate surface area is 117 Å². The smallest absolute Gasteiger partial charge is 0.152 e. The molecule has 1 saturated heterocycles. The Morgan fingerprint density at radius 2 is 2.21 bits per heavy atom.